The quantitative estimate of drug-likeness (QED) is 0.801. The number of hydrogen-bond acceptors (Lipinski definition) is 4. The molecule has 1 unspecified atom stereocenters. The maximum Gasteiger partial charge on any atom is 0.225 e. The normalized spacial score (nSPS) is 13.6. The van der Waals surface area contributed by atoms with Crippen molar-refractivity contribution in [3.05, 3.63) is 35.5 Å². The molecule has 0 fully saturated rings. The minimum atomic E-state index is -3.72. The molecule has 0 bridgehead atoms. The zero-order valence-corrected chi connectivity index (χ0v) is 14.7. The first-order chi connectivity index (χ1) is 10.8. The molecule has 2 rings (SSSR count). The lowest BCUT2D eigenvalue weighted by Crippen LogP contribution is -2.30. The van der Waals surface area contributed by atoms with Gasteiger partial charge in [0.05, 0.1) is 0 Å². The van der Waals surface area contributed by atoms with Gasteiger partial charge in [0, 0.05) is 23.6 Å². The van der Waals surface area contributed by atoms with Crippen molar-refractivity contribution in [3.8, 4) is 0 Å². The van der Waals surface area contributed by atoms with E-state index in [1.54, 1.807) is 12.1 Å². The molecule has 0 aliphatic heterocycles. The van der Waals surface area contributed by atoms with Gasteiger partial charge in [0.25, 0.3) is 0 Å². The minimum absolute atomic E-state index is 0.399. The lowest BCUT2D eigenvalue weighted by atomic mass is 10.0. The number of Topliss-reactive ketones (excluding diaryl/α,β-unsaturated/α-hetero) is 1. The first-order valence-corrected chi connectivity index (χ1v) is 8.98. The Bertz CT molecular complexity index is 809. The topological polar surface area (TPSA) is 82.3 Å². The summed E-state index contributed by atoms with van der Waals surface area (Å²) in [4.78, 5) is 17.2. The molecule has 0 radical (unpaired) electrons. The Morgan fingerprint density at radius 3 is 2.61 bits per heavy atom. The first kappa shape index (κ1) is 17.7. The molecule has 1 aromatic heterocycles. The highest BCUT2D eigenvalue weighted by Crippen LogP contribution is 2.28. The van der Waals surface area contributed by atoms with E-state index in [0.717, 1.165) is 29.4 Å². The highest BCUT2D eigenvalue weighted by molar-refractivity contribution is 7.90. The summed E-state index contributed by atoms with van der Waals surface area (Å²) in [6.45, 7) is 2.19. The Hall–Kier alpha value is -1.70. The van der Waals surface area contributed by atoms with Crippen LogP contribution in [0.2, 0.25) is 0 Å². The number of fused-ring (bicyclic) bond motifs is 1. The molecule has 126 valence electrons. The van der Waals surface area contributed by atoms with Crippen molar-refractivity contribution in [1.82, 2.24) is 14.6 Å². The predicted octanol–water partition coefficient (Wildman–Crippen LogP) is 1.45. The molecule has 1 aromatic carbocycles. The molecule has 2 aromatic rings. The molecule has 0 spiro atoms. The van der Waals surface area contributed by atoms with Gasteiger partial charge in [-0.05, 0) is 57.7 Å². The third kappa shape index (κ3) is 3.80. The van der Waals surface area contributed by atoms with Crippen LogP contribution in [0.3, 0.4) is 0 Å². The number of ketones is 1. The van der Waals surface area contributed by atoms with E-state index in [0.29, 0.717) is 5.56 Å². The summed E-state index contributed by atoms with van der Waals surface area (Å²) < 4.78 is 26.6. The van der Waals surface area contributed by atoms with Gasteiger partial charge in [-0.3, -0.25) is 4.79 Å². The number of aromatic amines is 1. The number of carbonyl (C=O) groups is 1. The molecule has 1 atom stereocenters. The number of rotatable bonds is 7. The lowest BCUT2D eigenvalue weighted by Gasteiger charge is -2.15. The van der Waals surface area contributed by atoms with Crippen molar-refractivity contribution in [2.75, 3.05) is 27.7 Å². The fourth-order valence-corrected chi connectivity index (χ4v) is 3.84. The number of aromatic nitrogens is 1. The van der Waals surface area contributed by atoms with Crippen molar-refractivity contribution < 1.29 is 13.2 Å². The van der Waals surface area contributed by atoms with Crippen molar-refractivity contribution >= 4 is 26.7 Å². The van der Waals surface area contributed by atoms with E-state index < -0.39 is 21.1 Å². The van der Waals surface area contributed by atoms with Gasteiger partial charge < -0.3 is 9.88 Å². The SMILES string of the molecule is CNS(=O)(=O)C(C(C)=O)c1ccc2[nH]cc(CCN(C)C)c2c1. The molecular weight excluding hydrogens is 314 g/mol. The molecule has 0 saturated carbocycles. The number of H-pyrrole nitrogens is 1. The maximum absolute atomic E-state index is 12.2. The summed E-state index contributed by atoms with van der Waals surface area (Å²) >= 11 is 0. The Balaban J connectivity index is 2.49. The van der Waals surface area contributed by atoms with E-state index >= 15 is 0 Å². The van der Waals surface area contributed by atoms with Gasteiger partial charge in [0.2, 0.25) is 10.0 Å². The first-order valence-electron chi connectivity index (χ1n) is 7.43. The van der Waals surface area contributed by atoms with Crippen molar-refractivity contribution in [2.45, 2.75) is 18.6 Å². The van der Waals surface area contributed by atoms with Crippen molar-refractivity contribution in [2.24, 2.45) is 0 Å². The summed E-state index contributed by atoms with van der Waals surface area (Å²) in [5, 5.41) is -0.226. The number of sulfonamides is 1. The number of hydrogen-bond donors (Lipinski definition) is 2. The van der Waals surface area contributed by atoms with E-state index in [-0.39, 0.29) is 0 Å². The van der Waals surface area contributed by atoms with Gasteiger partial charge in [-0.1, -0.05) is 6.07 Å². The average molecular weight is 337 g/mol. The van der Waals surface area contributed by atoms with Crippen LogP contribution in [0, 0.1) is 0 Å². The van der Waals surface area contributed by atoms with Crippen LogP contribution in [0.1, 0.15) is 23.3 Å². The molecule has 0 saturated heterocycles. The predicted molar refractivity (Wildman–Crippen MR) is 92.0 cm³/mol. The highest BCUT2D eigenvalue weighted by Gasteiger charge is 2.30. The van der Waals surface area contributed by atoms with Crippen LogP contribution in [0.15, 0.2) is 24.4 Å². The van der Waals surface area contributed by atoms with Gasteiger partial charge in [-0.2, -0.15) is 0 Å². The van der Waals surface area contributed by atoms with E-state index in [2.05, 4.69) is 14.6 Å². The lowest BCUT2D eigenvalue weighted by molar-refractivity contribution is -0.116. The van der Waals surface area contributed by atoms with Crippen LogP contribution in [0.4, 0.5) is 0 Å². The van der Waals surface area contributed by atoms with Crippen LogP contribution in [-0.4, -0.2) is 51.8 Å². The maximum atomic E-state index is 12.2. The number of carbonyl (C=O) groups excluding carboxylic acids is 1. The monoisotopic (exact) mass is 337 g/mol. The third-order valence-electron chi connectivity index (χ3n) is 3.89. The van der Waals surface area contributed by atoms with Crippen LogP contribution in [-0.2, 0) is 21.2 Å². The van der Waals surface area contributed by atoms with Crippen LogP contribution in [0.5, 0.6) is 0 Å². The standard InChI is InChI=1S/C16H23N3O3S/c1-11(20)16(23(21,22)17-2)12-5-6-15-14(9-12)13(10-18-15)7-8-19(3)4/h5-6,9-10,16-18H,7-8H2,1-4H3. The summed E-state index contributed by atoms with van der Waals surface area (Å²) in [7, 11) is 1.61. The zero-order chi connectivity index (χ0) is 17.2. The number of nitrogens with one attached hydrogen (secondary N) is 2. The summed E-state index contributed by atoms with van der Waals surface area (Å²) in [6, 6.07) is 5.32. The molecule has 0 amide bonds. The number of benzene rings is 1. The Kier molecular flexibility index (Phi) is 5.23. The van der Waals surface area contributed by atoms with E-state index in [4.69, 9.17) is 0 Å². The number of nitrogens with zero attached hydrogens (tertiary/aromatic N) is 1. The molecule has 6 nitrogen and oxygen atoms in total. The largest absolute Gasteiger partial charge is 0.361 e. The molecule has 0 aliphatic rings. The second-order valence-corrected chi connectivity index (χ2v) is 7.88. The summed E-state index contributed by atoms with van der Waals surface area (Å²) in [5.41, 5.74) is 2.54. The Morgan fingerprint density at radius 2 is 2.04 bits per heavy atom. The van der Waals surface area contributed by atoms with E-state index in [1.165, 1.54) is 14.0 Å². The highest BCUT2D eigenvalue weighted by atomic mass is 32.2. The van der Waals surface area contributed by atoms with Crippen LogP contribution < -0.4 is 4.72 Å². The van der Waals surface area contributed by atoms with Crippen molar-refractivity contribution in [3.63, 3.8) is 0 Å². The molecule has 0 aliphatic carbocycles. The van der Waals surface area contributed by atoms with Gasteiger partial charge >= 0.3 is 0 Å². The van der Waals surface area contributed by atoms with E-state index in [1.807, 2.05) is 26.4 Å². The van der Waals surface area contributed by atoms with E-state index in [9.17, 15) is 13.2 Å². The molecule has 7 heteroatoms. The second kappa shape index (κ2) is 6.82. The van der Waals surface area contributed by atoms with Crippen molar-refractivity contribution in [1.29, 1.82) is 0 Å². The fourth-order valence-electron chi connectivity index (χ4n) is 2.66. The third-order valence-corrected chi connectivity index (χ3v) is 5.68. The summed E-state index contributed by atoms with van der Waals surface area (Å²) in [5.74, 6) is -0.399. The van der Waals surface area contributed by atoms with Gasteiger partial charge in [-0.25, -0.2) is 13.1 Å². The average Bonchev–Trinajstić information content (AvgIpc) is 2.87. The number of likely N-dealkylation sites (N-methyl/N-ethyl adjacent to an activating group) is 1. The Morgan fingerprint density at radius 1 is 1.35 bits per heavy atom. The second-order valence-electron chi connectivity index (χ2n) is 5.91. The molecule has 2 N–H and O–H groups in total. The van der Waals surface area contributed by atoms with Gasteiger partial charge in [0.15, 0.2) is 11.0 Å². The van der Waals surface area contributed by atoms with Gasteiger partial charge in [-0.15, -0.1) is 0 Å². The fraction of sp³-hybridized carbons (Fsp3) is 0.438. The molecular formula is C16H23N3O3S. The Labute approximate surface area is 136 Å². The zero-order valence-electron chi connectivity index (χ0n) is 13.9. The van der Waals surface area contributed by atoms with Crippen LogP contribution in [0.25, 0.3) is 10.9 Å². The molecule has 1 heterocycles. The summed E-state index contributed by atoms with van der Waals surface area (Å²) in [6.07, 6.45) is 2.78. The minimum Gasteiger partial charge on any atom is -0.361 e. The smallest absolute Gasteiger partial charge is 0.225 e. The van der Waals surface area contributed by atoms with Crippen LogP contribution >= 0.6 is 0 Å². The molecule has 23 heavy (non-hydrogen) atoms. The van der Waals surface area contributed by atoms with Gasteiger partial charge in [0.1, 0.15) is 0 Å².